The number of rotatable bonds is 2. The number of benzene rings is 1. The monoisotopic (exact) mass is 363 g/mol. The number of fused-ring (bicyclic) bond motifs is 1. The highest BCUT2D eigenvalue weighted by Gasteiger charge is 2.36. The Hall–Kier alpha value is -2.34. The van der Waals surface area contributed by atoms with E-state index in [9.17, 15) is 13.2 Å². The van der Waals surface area contributed by atoms with E-state index in [0.29, 0.717) is 21.9 Å². The van der Waals surface area contributed by atoms with Crippen molar-refractivity contribution in [3.63, 3.8) is 0 Å². The van der Waals surface area contributed by atoms with Gasteiger partial charge in [0.25, 0.3) is 0 Å². The van der Waals surface area contributed by atoms with Gasteiger partial charge in [-0.05, 0) is 36.4 Å². The van der Waals surface area contributed by atoms with Gasteiger partial charge in [-0.2, -0.15) is 0 Å². The van der Waals surface area contributed by atoms with Crippen molar-refractivity contribution in [1.82, 2.24) is 9.97 Å². The lowest BCUT2D eigenvalue weighted by Crippen LogP contribution is -2.25. The zero-order valence-electron chi connectivity index (χ0n) is 13.0. The van der Waals surface area contributed by atoms with E-state index in [4.69, 9.17) is 11.6 Å². The van der Waals surface area contributed by atoms with Crippen molar-refractivity contribution in [2.24, 2.45) is 0 Å². The third-order valence-corrected chi connectivity index (χ3v) is 4.69. The Morgan fingerprint density at radius 1 is 1.12 bits per heavy atom. The van der Waals surface area contributed by atoms with Crippen molar-refractivity contribution < 1.29 is 13.2 Å². The second-order valence-electron chi connectivity index (χ2n) is 6.00. The van der Waals surface area contributed by atoms with Crippen molar-refractivity contribution in [2.45, 2.75) is 18.6 Å². The summed E-state index contributed by atoms with van der Waals surface area (Å²) >= 11 is 6.16. The van der Waals surface area contributed by atoms with Gasteiger partial charge in [0, 0.05) is 18.2 Å². The zero-order valence-corrected chi connectivity index (χ0v) is 13.7. The molecule has 3 heterocycles. The molecule has 1 aromatic carbocycles. The number of hydrogen-bond donors (Lipinski definition) is 0. The van der Waals surface area contributed by atoms with E-state index in [0.717, 1.165) is 18.2 Å². The van der Waals surface area contributed by atoms with Gasteiger partial charge >= 0.3 is 0 Å². The Morgan fingerprint density at radius 3 is 2.80 bits per heavy atom. The molecule has 0 radical (unpaired) electrons. The van der Waals surface area contributed by atoms with Crippen molar-refractivity contribution >= 4 is 28.5 Å². The quantitative estimate of drug-likeness (QED) is 0.651. The van der Waals surface area contributed by atoms with Crippen LogP contribution in [0.5, 0.6) is 0 Å². The smallest absolute Gasteiger partial charge is 0.130 e. The van der Waals surface area contributed by atoms with E-state index in [-0.39, 0.29) is 18.5 Å². The molecule has 1 saturated heterocycles. The highest BCUT2D eigenvalue weighted by atomic mass is 35.5. The molecule has 3 aromatic rings. The molecular weight excluding hydrogens is 351 g/mol. The molecule has 0 unspecified atom stereocenters. The SMILES string of the molecule is Fc1ccc(F)c([C@H]2C[C@H](F)CN2c2ccc3nccc(Cl)c3n2)c1. The van der Waals surface area contributed by atoms with Crippen molar-refractivity contribution in [3.05, 3.63) is 64.8 Å². The molecular formula is C18H13ClF3N3. The molecule has 1 fully saturated rings. The molecule has 25 heavy (non-hydrogen) atoms. The predicted molar refractivity (Wildman–Crippen MR) is 90.5 cm³/mol. The standard InChI is InChI=1S/C18H13ClF3N3/c19-13-5-6-23-15-3-4-17(24-18(13)15)25-9-11(21)8-16(25)12-7-10(20)1-2-14(12)22/h1-7,11,16H,8-9H2/t11-,16+/m0/s1. The summed E-state index contributed by atoms with van der Waals surface area (Å²) in [5, 5.41) is 0.427. The summed E-state index contributed by atoms with van der Waals surface area (Å²) in [5.41, 5.74) is 1.22. The first-order chi connectivity index (χ1) is 12.0. The van der Waals surface area contributed by atoms with Gasteiger partial charge in [-0.3, -0.25) is 4.98 Å². The van der Waals surface area contributed by atoms with Gasteiger partial charge in [-0.15, -0.1) is 0 Å². The maximum absolute atomic E-state index is 14.2. The summed E-state index contributed by atoms with van der Waals surface area (Å²) in [6.45, 7) is 0.0526. The molecule has 2 atom stereocenters. The Balaban J connectivity index is 1.80. The second-order valence-corrected chi connectivity index (χ2v) is 6.40. The van der Waals surface area contributed by atoms with Gasteiger partial charge in [0.2, 0.25) is 0 Å². The van der Waals surface area contributed by atoms with E-state index in [1.165, 1.54) is 0 Å². The predicted octanol–water partition coefficient (Wildman–Crippen LogP) is 4.85. The minimum atomic E-state index is -1.16. The zero-order chi connectivity index (χ0) is 17.6. The van der Waals surface area contributed by atoms with Gasteiger partial charge < -0.3 is 4.90 Å². The van der Waals surface area contributed by atoms with Gasteiger partial charge in [-0.25, -0.2) is 18.2 Å². The van der Waals surface area contributed by atoms with Crippen molar-refractivity contribution in [2.75, 3.05) is 11.4 Å². The van der Waals surface area contributed by atoms with E-state index in [1.54, 1.807) is 29.3 Å². The average molecular weight is 364 g/mol. The van der Waals surface area contributed by atoms with Crippen LogP contribution in [0.1, 0.15) is 18.0 Å². The average Bonchev–Trinajstić information content (AvgIpc) is 2.99. The van der Waals surface area contributed by atoms with Gasteiger partial charge in [0.05, 0.1) is 23.1 Å². The molecule has 0 amide bonds. The molecule has 0 N–H and O–H groups in total. The van der Waals surface area contributed by atoms with Crippen LogP contribution < -0.4 is 4.90 Å². The summed E-state index contributed by atoms with van der Waals surface area (Å²) in [6, 6.07) is 7.62. The molecule has 1 aliphatic heterocycles. The molecule has 0 bridgehead atoms. The number of pyridine rings is 2. The number of halogens is 4. The fraction of sp³-hybridized carbons (Fsp3) is 0.222. The molecule has 3 nitrogen and oxygen atoms in total. The number of nitrogens with zero attached hydrogens (tertiary/aromatic N) is 3. The van der Waals surface area contributed by atoms with Crippen LogP contribution in [-0.4, -0.2) is 22.7 Å². The maximum atomic E-state index is 14.2. The minimum absolute atomic E-state index is 0.0526. The van der Waals surface area contributed by atoms with Crippen LogP contribution in [0, 0.1) is 11.6 Å². The Bertz CT molecular complexity index is 950. The molecule has 2 aromatic heterocycles. The van der Waals surface area contributed by atoms with Gasteiger partial charge in [-0.1, -0.05) is 11.6 Å². The molecule has 128 valence electrons. The number of hydrogen-bond acceptors (Lipinski definition) is 3. The van der Waals surface area contributed by atoms with Gasteiger partial charge in [0.15, 0.2) is 0 Å². The second kappa shape index (κ2) is 6.19. The molecule has 0 saturated carbocycles. The molecule has 0 spiro atoms. The first kappa shape index (κ1) is 16.1. The third kappa shape index (κ3) is 2.91. The summed E-state index contributed by atoms with van der Waals surface area (Å²) in [7, 11) is 0. The lowest BCUT2D eigenvalue weighted by molar-refractivity contribution is 0.355. The summed E-state index contributed by atoms with van der Waals surface area (Å²) in [4.78, 5) is 10.3. The van der Waals surface area contributed by atoms with E-state index >= 15 is 0 Å². The topological polar surface area (TPSA) is 29.0 Å². The highest BCUT2D eigenvalue weighted by Crippen LogP contribution is 2.38. The van der Waals surface area contributed by atoms with Crippen LogP contribution in [0.15, 0.2) is 42.6 Å². The molecule has 0 aliphatic carbocycles. The first-order valence-corrected chi connectivity index (χ1v) is 8.17. The van der Waals surface area contributed by atoms with E-state index in [1.807, 2.05) is 0 Å². The lowest BCUT2D eigenvalue weighted by atomic mass is 10.0. The highest BCUT2D eigenvalue weighted by molar-refractivity contribution is 6.34. The summed E-state index contributed by atoms with van der Waals surface area (Å²) < 4.78 is 41.9. The van der Waals surface area contributed by atoms with Crippen LogP contribution >= 0.6 is 11.6 Å². The summed E-state index contributed by atoms with van der Waals surface area (Å²) in [5.74, 6) is -0.667. The largest absolute Gasteiger partial charge is 0.346 e. The van der Waals surface area contributed by atoms with Crippen LogP contribution in [0.25, 0.3) is 11.0 Å². The number of aromatic nitrogens is 2. The fourth-order valence-electron chi connectivity index (χ4n) is 3.25. The maximum Gasteiger partial charge on any atom is 0.130 e. The lowest BCUT2D eigenvalue weighted by Gasteiger charge is -2.26. The van der Waals surface area contributed by atoms with Crippen LogP contribution in [-0.2, 0) is 0 Å². The normalized spacial score (nSPS) is 20.4. The first-order valence-electron chi connectivity index (χ1n) is 7.80. The van der Waals surface area contributed by atoms with Crippen LogP contribution in [0.2, 0.25) is 5.02 Å². The van der Waals surface area contributed by atoms with Gasteiger partial charge in [0.1, 0.15) is 29.1 Å². The Kier molecular flexibility index (Phi) is 4.00. The third-order valence-electron chi connectivity index (χ3n) is 4.38. The van der Waals surface area contributed by atoms with Crippen molar-refractivity contribution in [3.8, 4) is 0 Å². The molecule has 4 rings (SSSR count). The number of alkyl halides is 1. The minimum Gasteiger partial charge on any atom is -0.346 e. The van der Waals surface area contributed by atoms with E-state index in [2.05, 4.69) is 9.97 Å². The van der Waals surface area contributed by atoms with Crippen LogP contribution in [0.4, 0.5) is 19.0 Å². The summed E-state index contributed by atoms with van der Waals surface area (Å²) in [6.07, 6.45) is 0.486. The Labute approximate surface area is 147 Å². The number of anilines is 1. The molecule has 1 aliphatic rings. The molecule has 7 heteroatoms. The fourth-order valence-corrected chi connectivity index (χ4v) is 3.44. The Morgan fingerprint density at radius 2 is 1.96 bits per heavy atom. The van der Waals surface area contributed by atoms with Crippen molar-refractivity contribution in [1.29, 1.82) is 0 Å². The van der Waals surface area contributed by atoms with Crippen LogP contribution in [0.3, 0.4) is 0 Å². The van der Waals surface area contributed by atoms with E-state index < -0.39 is 23.8 Å².